The van der Waals surface area contributed by atoms with Gasteiger partial charge in [0, 0.05) is 48.9 Å². The zero-order valence-corrected chi connectivity index (χ0v) is 24.7. The standard InChI is InChI=1S/C35H42N4O3/c1-3-38(4-2)21-22-42-30-14-9-27(10-15-30)25-39(20-19-29-24-36-33-8-6-5-7-31(29)33)34-17-13-28-23-26(11-16-32(28)34)12-18-35(40)37-41/h5-12,14-16,18,23-24,34,36,41H,3-4,13,17,19-22,25H2,1-2H3,(H,37,40)/b18-12+. The van der Waals surface area contributed by atoms with Crippen LogP contribution < -0.4 is 10.2 Å². The minimum absolute atomic E-state index is 0.314. The number of aryl methyl sites for hydroxylation is 1. The fourth-order valence-corrected chi connectivity index (χ4v) is 6.01. The molecule has 0 aliphatic heterocycles. The molecule has 4 aromatic rings. The number of amides is 1. The molecule has 7 heteroatoms. The van der Waals surface area contributed by atoms with Crippen LogP contribution in [-0.4, -0.2) is 58.7 Å². The van der Waals surface area contributed by atoms with E-state index in [0.29, 0.717) is 12.6 Å². The van der Waals surface area contributed by atoms with E-state index in [1.165, 1.54) is 39.2 Å². The number of H-pyrrole nitrogens is 1. The van der Waals surface area contributed by atoms with Gasteiger partial charge in [0.2, 0.25) is 0 Å². The molecule has 0 saturated heterocycles. The molecule has 0 bridgehead atoms. The van der Waals surface area contributed by atoms with E-state index in [-0.39, 0.29) is 0 Å². The van der Waals surface area contributed by atoms with Gasteiger partial charge in [0.1, 0.15) is 12.4 Å². The smallest absolute Gasteiger partial charge is 0.267 e. The van der Waals surface area contributed by atoms with Gasteiger partial charge in [-0.3, -0.25) is 14.9 Å². The molecule has 3 aromatic carbocycles. The van der Waals surface area contributed by atoms with Crippen molar-refractivity contribution < 1.29 is 14.7 Å². The third-order valence-electron chi connectivity index (χ3n) is 8.41. The van der Waals surface area contributed by atoms with Crippen molar-refractivity contribution in [1.82, 2.24) is 20.3 Å². The van der Waals surface area contributed by atoms with E-state index in [2.05, 4.69) is 102 Å². The number of hydroxylamine groups is 1. The number of aromatic nitrogens is 1. The van der Waals surface area contributed by atoms with Crippen LogP contribution in [0.4, 0.5) is 0 Å². The van der Waals surface area contributed by atoms with Crippen LogP contribution in [0.2, 0.25) is 0 Å². The van der Waals surface area contributed by atoms with Crippen molar-refractivity contribution in [3.05, 3.63) is 107 Å². The molecule has 7 nitrogen and oxygen atoms in total. The van der Waals surface area contributed by atoms with Crippen LogP contribution in [0.1, 0.15) is 54.1 Å². The number of carbonyl (C=O) groups is 1. The van der Waals surface area contributed by atoms with Crippen LogP contribution in [0.25, 0.3) is 17.0 Å². The highest BCUT2D eigenvalue weighted by Gasteiger charge is 2.28. The minimum atomic E-state index is -0.530. The molecule has 1 aliphatic rings. The van der Waals surface area contributed by atoms with Crippen LogP contribution in [0, 0.1) is 0 Å². The summed E-state index contributed by atoms with van der Waals surface area (Å²) in [7, 11) is 0. The van der Waals surface area contributed by atoms with Crippen molar-refractivity contribution in [2.45, 2.75) is 45.7 Å². The Labute approximate surface area is 248 Å². The number of rotatable bonds is 14. The maximum atomic E-state index is 11.4. The third kappa shape index (κ3) is 7.29. The lowest BCUT2D eigenvalue weighted by Crippen LogP contribution is -2.29. The molecular weight excluding hydrogens is 524 g/mol. The van der Waals surface area contributed by atoms with Gasteiger partial charge in [-0.15, -0.1) is 0 Å². The van der Waals surface area contributed by atoms with E-state index in [9.17, 15) is 4.79 Å². The van der Waals surface area contributed by atoms with Crippen molar-refractivity contribution in [3.63, 3.8) is 0 Å². The Hall–Kier alpha value is -3.91. The number of hydrogen-bond acceptors (Lipinski definition) is 5. The highest BCUT2D eigenvalue weighted by Crippen LogP contribution is 2.37. The SMILES string of the molecule is CCN(CC)CCOc1ccc(CN(CCc2c[nH]c3ccccc23)C2CCc3cc(/C=C/C(=O)NO)ccc32)cc1. The van der Waals surface area contributed by atoms with Gasteiger partial charge in [-0.1, -0.05) is 62.4 Å². The second-order valence-corrected chi connectivity index (χ2v) is 10.9. The first kappa shape index (κ1) is 29.6. The third-order valence-corrected chi connectivity index (χ3v) is 8.41. The first-order valence-corrected chi connectivity index (χ1v) is 15.1. The molecule has 0 fully saturated rings. The van der Waals surface area contributed by atoms with E-state index in [4.69, 9.17) is 9.94 Å². The number of para-hydroxylation sites is 1. The van der Waals surface area contributed by atoms with Gasteiger partial charge in [0.05, 0.1) is 0 Å². The largest absolute Gasteiger partial charge is 0.492 e. The number of fused-ring (bicyclic) bond motifs is 2. The molecule has 3 N–H and O–H groups in total. The zero-order chi connectivity index (χ0) is 29.3. The molecule has 0 radical (unpaired) electrons. The van der Waals surface area contributed by atoms with Crippen molar-refractivity contribution in [2.24, 2.45) is 0 Å². The quantitative estimate of drug-likeness (QED) is 0.0971. The first-order valence-electron chi connectivity index (χ1n) is 15.1. The van der Waals surface area contributed by atoms with E-state index in [1.807, 2.05) is 0 Å². The molecule has 1 amide bonds. The van der Waals surface area contributed by atoms with Crippen LogP contribution >= 0.6 is 0 Å². The Kier molecular flexibility index (Phi) is 10.1. The number of nitrogens with one attached hydrogen (secondary N) is 2. The van der Waals surface area contributed by atoms with Gasteiger partial charge in [-0.25, -0.2) is 5.48 Å². The van der Waals surface area contributed by atoms with Crippen LogP contribution in [0.5, 0.6) is 5.75 Å². The molecule has 1 heterocycles. The molecule has 1 aliphatic carbocycles. The lowest BCUT2D eigenvalue weighted by molar-refractivity contribution is -0.124. The summed E-state index contributed by atoms with van der Waals surface area (Å²) in [5, 5.41) is 10.1. The summed E-state index contributed by atoms with van der Waals surface area (Å²) in [6, 6.07) is 23.8. The monoisotopic (exact) mass is 566 g/mol. The van der Waals surface area contributed by atoms with Crippen LogP contribution in [0.15, 0.2) is 79.0 Å². The molecule has 1 atom stereocenters. The Bertz CT molecular complexity index is 1490. The summed E-state index contributed by atoms with van der Waals surface area (Å²) < 4.78 is 6.03. The average Bonchev–Trinajstić information content (AvgIpc) is 3.65. The molecule has 0 saturated carbocycles. The second-order valence-electron chi connectivity index (χ2n) is 10.9. The fraction of sp³-hybridized carbons (Fsp3) is 0.343. The summed E-state index contributed by atoms with van der Waals surface area (Å²) in [5.41, 5.74) is 9.07. The van der Waals surface area contributed by atoms with Gasteiger partial charge in [0.25, 0.3) is 5.91 Å². The fourth-order valence-electron chi connectivity index (χ4n) is 6.01. The zero-order valence-electron chi connectivity index (χ0n) is 24.7. The Morgan fingerprint density at radius 3 is 2.67 bits per heavy atom. The lowest BCUT2D eigenvalue weighted by Gasteiger charge is -2.30. The Morgan fingerprint density at radius 1 is 1.07 bits per heavy atom. The summed E-state index contributed by atoms with van der Waals surface area (Å²) >= 11 is 0. The molecule has 42 heavy (non-hydrogen) atoms. The minimum Gasteiger partial charge on any atom is -0.492 e. The highest BCUT2D eigenvalue weighted by atomic mass is 16.5. The number of likely N-dealkylation sites (N-methyl/N-ethyl adjacent to an activating group) is 1. The van der Waals surface area contributed by atoms with E-state index in [1.54, 1.807) is 11.6 Å². The van der Waals surface area contributed by atoms with Crippen LogP contribution in [0.3, 0.4) is 0 Å². The molecule has 1 aromatic heterocycles. The van der Waals surface area contributed by atoms with Crippen molar-refractivity contribution >= 4 is 22.9 Å². The van der Waals surface area contributed by atoms with Gasteiger partial charge >= 0.3 is 0 Å². The predicted molar refractivity (Wildman–Crippen MR) is 169 cm³/mol. The number of carbonyl (C=O) groups excluding carboxylic acids is 1. The number of nitrogens with zero attached hydrogens (tertiary/aromatic N) is 2. The number of benzene rings is 3. The van der Waals surface area contributed by atoms with E-state index < -0.39 is 5.91 Å². The van der Waals surface area contributed by atoms with Crippen molar-refractivity contribution in [3.8, 4) is 5.75 Å². The number of ether oxygens (including phenoxy) is 1. The van der Waals surface area contributed by atoms with E-state index >= 15 is 0 Å². The predicted octanol–water partition coefficient (Wildman–Crippen LogP) is 6.14. The summed E-state index contributed by atoms with van der Waals surface area (Å²) in [5.74, 6) is 0.384. The topological polar surface area (TPSA) is 80.8 Å². The molecule has 1 unspecified atom stereocenters. The second kappa shape index (κ2) is 14.3. The van der Waals surface area contributed by atoms with Crippen LogP contribution in [-0.2, 0) is 24.2 Å². The van der Waals surface area contributed by atoms with Gasteiger partial charge in [0.15, 0.2) is 0 Å². The van der Waals surface area contributed by atoms with Crippen molar-refractivity contribution in [2.75, 3.05) is 32.8 Å². The highest BCUT2D eigenvalue weighted by molar-refractivity contribution is 5.90. The molecule has 0 spiro atoms. The maximum absolute atomic E-state index is 11.4. The number of aromatic amines is 1. The van der Waals surface area contributed by atoms with Gasteiger partial charge in [-0.2, -0.15) is 0 Å². The van der Waals surface area contributed by atoms with Crippen molar-refractivity contribution in [1.29, 1.82) is 0 Å². The van der Waals surface area contributed by atoms with E-state index in [0.717, 1.165) is 63.3 Å². The Morgan fingerprint density at radius 2 is 1.88 bits per heavy atom. The number of hydrogen-bond donors (Lipinski definition) is 3. The Balaban J connectivity index is 1.32. The summed E-state index contributed by atoms with van der Waals surface area (Å²) in [4.78, 5) is 19.8. The summed E-state index contributed by atoms with van der Waals surface area (Å²) in [6.45, 7) is 9.85. The molecule has 220 valence electrons. The first-order chi connectivity index (χ1) is 20.6. The molecular formula is C35H42N4O3. The van der Waals surface area contributed by atoms with Gasteiger partial charge in [-0.05, 0) is 84.4 Å². The van der Waals surface area contributed by atoms with Gasteiger partial charge < -0.3 is 14.6 Å². The average molecular weight is 567 g/mol. The molecule has 5 rings (SSSR count). The maximum Gasteiger partial charge on any atom is 0.267 e. The summed E-state index contributed by atoms with van der Waals surface area (Å²) in [6.07, 6.45) is 8.24. The lowest BCUT2D eigenvalue weighted by atomic mass is 10.0. The normalized spacial score (nSPS) is 14.7.